The Morgan fingerprint density at radius 3 is 2.68 bits per heavy atom. The normalized spacial score (nSPS) is 19.8. The number of ketones is 1. The minimum atomic E-state index is -0.705. The first kappa shape index (κ1) is 20.9. The second-order valence-corrected chi connectivity index (χ2v) is 7.79. The first-order valence-electron chi connectivity index (χ1n) is 10.2. The van der Waals surface area contributed by atoms with E-state index in [2.05, 4.69) is 4.98 Å². The number of fused-ring (bicyclic) bond motifs is 1. The van der Waals surface area contributed by atoms with Crippen molar-refractivity contribution in [1.29, 1.82) is 0 Å². The smallest absolute Gasteiger partial charge is 0.295 e. The van der Waals surface area contributed by atoms with Gasteiger partial charge in [-0.15, -0.1) is 0 Å². The van der Waals surface area contributed by atoms with Gasteiger partial charge in [-0.2, -0.15) is 0 Å². The van der Waals surface area contributed by atoms with E-state index < -0.39 is 17.7 Å². The Bertz CT molecular complexity index is 1020. The van der Waals surface area contributed by atoms with Gasteiger partial charge in [0.05, 0.1) is 11.6 Å². The number of pyridine rings is 1. The van der Waals surface area contributed by atoms with E-state index in [1.165, 1.54) is 4.90 Å². The van der Waals surface area contributed by atoms with E-state index >= 15 is 0 Å². The van der Waals surface area contributed by atoms with Crippen LogP contribution in [0.2, 0.25) is 0 Å². The maximum absolute atomic E-state index is 13.0. The van der Waals surface area contributed by atoms with Crippen LogP contribution in [0.4, 0.5) is 0 Å². The quantitative estimate of drug-likeness (QED) is 0.433. The Morgan fingerprint density at radius 1 is 1.19 bits per heavy atom. The summed E-state index contributed by atoms with van der Waals surface area (Å²) in [6, 6.07) is 7.82. The van der Waals surface area contributed by atoms with Gasteiger partial charge in [-0.05, 0) is 56.9 Å². The first-order chi connectivity index (χ1) is 15.0. The molecule has 1 saturated heterocycles. The van der Waals surface area contributed by atoms with E-state index in [9.17, 15) is 14.7 Å². The monoisotopic (exact) mass is 423 g/mol. The minimum Gasteiger partial charge on any atom is -0.507 e. The topological polar surface area (TPSA) is 92.2 Å². The maximum atomic E-state index is 13.0. The number of ether oxygens (including phenoxy) is 2. The second-order valence-electron chi connectivity index (χ2n) is 7.79. The molecule has 1 atom stereocenters. The molecule has 162 valence electrons. The molecular formula is C23H25N3O5. The molecule has 3 heterocycles. The molecule has 0 spiro atoms. The van der Waals surface area contributed by atoms with Crippen LogP contribution in [0.25, 0.3) is 5.76 Å². The molecule has 8 nitrogen and oxygen atoms in total. The lowest BCUT2D eigenvalue weighted by atomic mass is 9.96. The summed E-state index contributed by atoms with van der Waals surface area (Å²) < 4.78 is 11.1. The molecule has 0 saturated carbocycles. The molecule has 0 aliphatic carbocycles. The fraction of sp³-hybridized carbons (Fsp3) is 0.348. The van der Waals surface area contributed by atoms with Gasteiger partial charge in [-0.1, -0.05) is 6.07 Å². The van der Waals surface area contributed by atoms with Crippen molar-refractivity contribution in [3.05, 3.63) is 59.4 Å². The summed E-state index contributed by atoms with van der Waals surface area (Å²) in [5.74, 6) is -0.485. The number of Topliss-reactive ketones (excluding diaryl/α,β-unsaturated/α-hetero) is 1. The highest BCUT2D eigenvalue weighted by Gasteiger charge is 2.46. The summed E-state index contributed by atoms with van der Waals surface area (Å²) in [6.45, 7) is 2.02. The van der Waals surface area contributed by atoms with Crippen LogP contribution in [0.5, 0.6) is 11.5 Å². The zero-order chi connectivity index (χ0) is 22.0. The van der Waals surface area contributed by atoms with Crippen LogP contribution in [0.15, 0.2) is 48.3 Å². The fourth-order valence-electron chi connectivity index (χ4n) is 3.90. The summed E-state index contributed by atoms with van der Waals surface area (Å²) >= 11 is 0. The molecule has 0 radical (unpaired) electrons. The largest absolute Gasteiger partial charge is 0.507 e. The van der Waals surface area contributed by atoms with Crippen LogP contribution in [0.3, 0.4) is 0 Å². The molecule has 31 heavy (non-hydrogen) atoms. The standard InChI is InChI=1S/C23H25N3O5/c1-25(2)9-4-10-26-20(16-5-3-8-24-14-16)19(22(28)23(26)29)21(27)15-6-7-17-18(13-15)31-12-11-30-17/h3,5-8,13-14,20,27H,4,9-12H2,1-2H3/t20-/m1/s1. The van der Waals surface area contributed by atoms with E-state index in [-0.39, 0.29) is 11.3 Å². The molecule has 0 bridgehead atoms. The number of aliphatic hydroxyl groups is 1. The first-order valence-corrected chi connectivity index (χ1v) is 10.2. The third-order valence-corrected chi connectivity index (χ3v) is 5.36. The van der Waals surface area contributed by atoms with E-state index in [1.807, 2.05) is 19.0 Å². The lowest BCUT2D eigenvalue weighted by Crippen LogP contribution is -2.32. The van der Waals surface area contributed by atoms with Gasteiger partial charge in [0.15, 0.2) is 11.5 Å². The lowest BCUT2D eigenvalue weighted by molar-refractivity contribution is -0.139. The summed E-state index contributed by atoms with van der Waals surface area (Å²) in [4.78, 5) is 33.6. The van der Waals surface area contributed by atoms with E-state index in [0.717, 1.165) is 6.54 Å². The van der Waals surface area contributed by atoms with Gasteiger partial charge >= 0.3 is 0 Å². The lowest BCUT2D eigenvalue weighted by Gasteiger charge is -2.25. The van der Waals surface area contributed by atoms with Gasteiger partial charge in [0.2, 0.25) is 0 Å². The fourth-order valence-corrected chi connectivity index (χ4v) is 3.90. The summed E-state index contributed by atoms with van der Waals surface area (Å²) in [7, 11) is 3.91. The molecule has 2 aliphatic heterocycles. The van der Waals surface area contributed by atoms with Crippen molar-refractivity contribution < 1.29 is 24.2 Å². The third kappa shape index (κ3) is 4.11. The van der Waals surface area contributed by atoms with Crippen molar-refractivity contribution in [3.63, 3.8) is 0 Å². The van der Waals surface area contributed by atoms with Crippen molar-refractivity contribution in [1.82, 2.24) is 14.8 Å². The van der Waals surface area contributed by atoms with Crippen molar-refractivity contribution in [2.75, 3.05) is 40.4 Å². The number of amides is 1. The number of carbonyl (C=O) groups is 2. The van der Waals surface area contributed by atoms with Gasteiger partial charge in [0.1, 0.15) is 19.0 Å². The van der Waals surface area contributed by atoms with Crippen LogP contribution in [-0.2, 0) is 9.59 Å². The number of hydrogen-bond donors (Lipinski definition) is 1. The third-order valence-electron chi connectivity index (χ3n) is 5.36. The van der Waals surface area contributed by atoms with Gasteiger partial charge in [-0.25, -0.2) is 0 Å². The number of nitrogens with zero attached hydrogens (tertiary/aromatic N) is 3. The molecular weight excluding hydrogens is 398 g/mol. The van der Waals surface area contributed by atoms with Gasteiger partial charge in [-0.3, -0.25) is 14.6 Å². The van der Waals surface area contributed by atoms with Gasteiger partial charge < -0.3 is 24.4 Å². The number of aliphatic hydroxyl groups excluding tert-OH is 1. The number of aromatic nitrogens is 1. The molecule has 2 aliphatic rings. The molecule has 2 aromatic rings. The Hall–Kier alpha value is -3.39. The van der Waals surface area contributed by atoms with E-state index in [0.29, 0.717) is 48.8 Å². The summed E-state index contributed by atoms with van der Waals surface area (Å²) in [5, 5.41) is 11.1. The zero-order valence-corrected chi connectivity index (χ0v) is 17.6. The highest BCUT2D eigenvalue weighted by Crippen LogP contribution is 2.40. The van der Waals surface area contributed by atoms with Crippen molar-refractivity contribution in [2.45, 2.75) is 12.5 Å². The Balaban J connectivity index is 1.76. The molecule has 1 N–H and O–H groups in total. The van der Waals surface area contributed by atoms with Gasteiger partial charge in [0.25, 0.3) is 11.7 Å². The Morgan fingerprint density at radius 2 is 1.97 bits per heavy atom. The minimum absolute atomic E-state index is 0.0551. The molecule has 4 rings (SSSR count). The number of rotatable bonds is 6. The number of carbonyl (C=O) groups excluding carboxylic acids is 2. The zero-order valence-electron chi connectivity index (χ0n) is 17.6. The predicted molar refractivity (Wildman–Crippen MR) is 114 cm³/mol. The number of benzene rings is 1. The van der Waals surface area contributed by atoms with E-state index in [1.54, 1.807) is 42.7 Å². The van der Waals surface area contributed by atoms with E-state index in [4.69, 9.17) is 9.47 Å². The SMILES string of the molecule is CN(C)CCCN1C(=O)C(=O)C(=C(O)c2ccc3c(c2)OCCO3)[C@H]1c1cccnc1. The number of hydrogen-bond acceptors (Lipinski definition) is 7. The van der Waals surface area contributed by atoms with Crippen LogP contribution in [-0.4, -0.2) is 72.0 Å². The van der Waals surface area contributed by atoms with Gasteiger partial charge in [0, 0.05) is 24.5 Å². The highest BCUT2D eigenvalue weighted by molar-refractivity contribution is 6.46. The molecule has 1 amide bonds. The van der Waals surface area contributed by atoms with Crippen molar-refractivity contribution in [2.24, 2.45) is 0 Å². The second kappa shape index (κ2) is 8.77. The van der Waals surface area contributed by atoms with Crippen molar-refractivity contribution >= 4 is 17.4 Å². The Labute approximate surface area is 180 Å². The summed E-state index contributed by atoms with van der Waals surface area (Å²) in [6.07, 6.45) is 3.94. The van der Waals surface area contributed by atoms with Crippen molar-refractivity contribution in [3.8, 4) is 11.5 Å². The van der Waals surface area contributed by atoms with Crippen LogP contribution in [0, 0.1) is 0 Å². The molecule has 0 unspecified atom stereocenters. The molecule has 1 aromatic heterocycles. The Kier molecular flexibility index (Phi) is 5.90. The average Bonchev–Trinajstić information content (AvgIpc) is 3.03. The average molecular weight is 423 g/mol. The number of likely N-dealkylation sites (tertiary alicyclic amines) is 1. The van der Waals surface area contributed by atoms with Crippen LogP contribution >= 0.6 is 0 Å². The highest BCUT2D eigenvalue weighted by atomic mass is 16.6. The van der Waals surface area contributed by atoms with Crippen LogP contribution < -0.4 is 9.47 Å². The molecule has 1 aromatic carbocycles. The predicted octanol–water partition coefficient (Wildman–Crippen LogP) is 2.23. The molecule has 8 heteroatoms. The van der Waals surface area contributed by atoms with Crippen LogP contribution in [0.1, 0.15) is 23.6 Å². The molecule has 1 fully saturated rings. The maximum Gasteiger partial charge on any atom is 0.295 e. The summed E-state index contributed by atoms with van der Waals surface area (Å²) in [5.41, 5.74) is 1.12.